The van der Waals surface area contributed by atoms with Gasteiger partial charge in [-0.15, -0.1) is 0 Å². The highest BCUT2D eigenvalue weighted by atomic mass is 19.3. The highest BCUT2D eigenvalue weighted by molar-refractivity contribution is 6.11. The molecular formula is C31H30F2N2O. The van der Waals surface area contributed by atoms with Gasteiger partial charge >= 0.3 is 0 Å². The van der Waals surface area contributed by atoms with Gasteiger partial charge in [0.05, 0.1) is 5.69 Å². The lowest BCUT2D eigenvalue weighted by molar-refractivity contribution is 0.00777. The third-order valence-electron chi connectivity index (χ3n) is 7.47. The van der Waals surface area contributed by atoms with Crippen molar-refractivity contribution < 1.29 is 13.2 Å². The monoisotopic (exact) mass is 484 g/mol. The minimum absolute atomic E-state index is 0.0308. The number of hydrogen-bond acceptors (Lipinski definition) is 3. The van der Waals surface area contributed by atoms with Crippen molar-refractivity contribution >= 4 is 32.8 Å². The molecule has 1 saturated carbocycles. The van der Waals surface area contributed by atoms with Gasteiger partial charge in [0.25, 0.3) is 0 Å². The van der Waals surface area contributed by atoms with Gasteiger partial charge in [-0.2, -0.15) is 0 Å². The molecule has 0 aliphatic heterocycles. The first-order valence-electron chi connectivity index (χ1n) is 12.8. The standard InChI is InChI=1S/C31H30F2N2O/c1-17(2)11-22-16-34-28(23-8-6-20(14-25(22)23)21-9-10-31(32,33)15-21)27-13-18(3)12-26-24-7-5-19(4)35-30(24)36-29(26)27/h5-8,12-14,16-17,21H,9-11,15H2,1-4H3. The van der Waals surface area contributed by atoms with Gasteiger partial charge in [0.2, 0.25) is 11.6 Å². The van der Waals surface area contributed by atoms with Gasteiger partial charge in [-0.25, -0.2) is 13.8 Å². The number of furan rings is 1. The number of hydrogen-bond donors (Lipinski definition) is 0. The Balaban J connectivity index is 1.58. The van der Waals surface area contributed by atoms with Gasteiger partial charge < -0.3 is 4.42 Å². The van der Waals surface area contributed by atoms with Crippen molar-refractivity contribution in [3.8, 4) is 11.3 Å². The fourth-order valence-corrected chi connectivity index (χ4v) is 5.79. The number of aromatic nitrogens is 2. The van der Waals surface area contributed by atoms with Crippen molar-refractivity contribution in [2.24, 2.45) is 5.92 Å². The van der Waals surface area contributed by atoms with Crippen molar-refractivity contribution in [2.75, 3.05) is 0 Å². The van der Waals surface area contributed by atoms with Crippen LogP contribution in [0.5, 0.6) is 0 Å². The van der Waals surface area contributed by atoms with Gasteiger partial charge in [0.1, 0.15) is 5.58 Å². The van der Waals surface area contributed by atoms with Crippen LogP contribution in [0.2, 0.25) is 0 Å². The molecule has 0 spiro atoms. The third kappa shape index (κ3) is 3.95. The van der Waals surface area contributed by atoms with E-state index < -0.39 is 5.92 Å². The zero-order valence-corrected chi connectivity index (χ0v) is 21.2. The van der Waals surface area contributed by atoms with Crippen LogP contribution in [0.3, 0.4) is 0 Å². The maximum atomic E-state index is 14.0. The molecule has 5 aromatic rings. The number of aryl methyl sites for hydroxylation is 2. The fraction of sp³-hybridized carbons (Fsp3) is 0.355. The summed E-state index contributed by atoms with van der Waals surface area (Å²) < 4.78 is 34.3. The number of halogens is 2. The second-order valence-corrected chi connectivity index (χ2v) is 10.9. The molecule has 1 aliphatic carbocycles. The van der Waals surface area contributed by atoms with E-state index >= 15 is 0 Å². The first kappa shape index (κ1) is 23.1. The number of rotatable bonds is 4. The van der Waals surface area contributed by atoms with Crippen LogP contribution in [0.1, 0.15) is 61.4 Å². The maximum Gasteiger partial charge on any atom is 0.248 e. The lowest BCUT2D eigenvalue weighted by atomic mass is 9.90. The summed E-state index contributed by atoms with van der Waals surface area (Å²) in [4.78, 5) is 9.56. The second-order valence-electron chi connectivity index (χ2n) is 10.9. The molecule has 184 valence electrons. The van der Waals surface area contributed by atoms with E-state index in [2.05, 4.69) is 56.1 Å². The summed E-state index contributed by atoms with van der Waals surface area (Å²) in [7, 11) is 0. The minimum Gasteiger partial charge on any atom is -0.437 e. The smallest absolute Gasteiger partial charge is 0.248 e. The lowest BCUT2D eigenvalue weighted by Gasteiger charge is -2.17. The van der Waals surface area contributed by atoms with Crippen molar-refractivity contribution in [1.29, 1.82) is 0 Å². The topological polar surface area (TPSA) is 38.9 Å². The van der Waals surface area contributed by atoms with Gasteiger partial charge in [-0.3, -0.25) is 4.98 Å². The molecule has 3 heterocycles. The van der Waals surface area contributed by atoms with Gasteiger partial charge in [-0.05, 0) is 84.9 Å². The molecule has 0 N–H and O–H groups in total. The summed E-state index contributed by atoms with van der Waals surface area (Å²) >= 11 is 0. The molecule has 0 bridgehead atoms. The Morgan fingerprint density at radius 2 is 1.81 bits per heavy atom. The molecule has 1 aliphatic rings. The predicted octanol–water partition coefficient (Wildman–Crippen LogP) is 8.91. The Morgan fingerprint density at radius 3 is 2.56 bits per heavy atom. The third-order valence-corrected chi connectivity index (χ3v) is 7.47. The Morgan fingerprint density at radius 1 is 1.00 bits per heavy atom. The van der Waals surface area contributed by atoms with Crippen LogP contribution >= 0.6 is 0 Å². The van der Waals surface area contributed by atoms with Crippen LogP contribution in [0.15, 0.2) is 53.1 Å². The average molecular weight is 485 g/mol. The van der Waals surface area contributed by atoms with Crippen molar-refractivity contribution in [3.63, 3.8) is 0 Å². The molecule has 36 heavy (non-hydrogen) atoms. The van der Waals surface area contributed by atoms with Crippen LogP contribution < -0.4 is 0 Å². The Bertz CT molecular complexity index is 1630. The van der Waals surface area contributed by atoms with Gasteiger partial charge in [-0.1, -0.05) is 32.0 Å². The number of fused-ring (bicyclic) bond motifs is 4. The van der Waals surface area contributed by atoms with Crippen molar-refractivity contribution in [2.45, 2.75) is 65.2 Å². The van der Waals surface area contributed by atoms with E-state index in [-0.39, 0.29) is 18.8 Å². The summed E-state index contributed by atoms with van der Waals surface area (Å²) in [5.41, 5.74) is 7.37. The number of pyridine rings is 2. The zero-order chi connectivity index (χ0) is 25.2. The van der Waals surface area contributed by atoms with Crippen molar-refractivity contribution in [1.82, 2.24) is 9.97 Å². The van der Waals surface area contributed by atoms with E-state index in [1.165, 1.54) is 0 Å². The van der Waals surface area contributed by atoms with Gasteiger partial charge in [0.15, 0.2) is 0 Å². The lowest BCUT2D eigenvalue weighted by Crippen LogP contribution is -2.09. The summed E-state index contributed by atoms with van der Waals surface area (Å²) in [6, 6.07) is 14.6. The Labute approximate surface area is 209 Å². The van der Waals surface area contributed by atoms with E-state index in [9.17, 15) is 8.78 Å². The number of alkyl halides is 2. The van der Waals surface area contributed by atoms with Crippen LogP contribution in [0, 0.1) is 19.8 Å². The molecule has 3 nitrogen and oxygen atoms in total. The first-order valence-corrected chi connectivity index (χ1v) is 12.8. The minimum atomic E-state index is -2.56. The molecule has 1 fully saturated rings. The first-order chi connectivity index (χ1) is 17.2. The van der Waals surface area contributed by atoms with Crippen molar-refractivity contribution in [3.05, 3.63) is 71.0 Å². The van der Waals surface area contributed by atoms with E-state index in [1.54, 1.807) is 0 Å². The van der Waals surface area contributed by atoms with E-state index in [0.717, 1.165) is 67.2 Å². The highest BCUT2D eigenvalue weighted by Gasteiger charge is 2.40. The maximum absolute atomic E-state index is 14.0. The molecule has 1 unspecified atom stereocenters. The molecule has 2 aromatic carbocycles. The van der Waals surface area contributed by atoms with E-state index in [1.807, 2.05) is 25.3 Å². The molecule has 0 saturated heterocycles. The zero-order valence-electron chi connectivity index (χ0n) is 21.2. The van der Waals surface area contributed by atoms with Crippen LogP contribution in [0.25, 0.3) is 44.1 Å². The normalized spacial score (nSPS) is 17.7. The summed E-state index contributed by atoms with van der Waals surface area (Å²) in [5.74, 6) is -2.22. The molecule has 3 aromatic heterocycles. The van der Waals surface area contributed by atoms with Crippen LogP contribution in [-0.2, 0) is 6.42 Å². The predicted molar refractivity (Wildman–Crippen MR) is 142 cm³/mol. The molecule has 0 radical (unpaired) electrons. The van der Waals surface area contributed by atoms with Crippen LogP contribution in [-0.4, -0.2) is 15.9 Å². The largest absolute Gasteiger partial charge is 0.437 e. The molecule has 6 rings (SSSR count). The van der Waals surface area contributed by atoms with E-state index in [0.29, 0.717) is 18.1 Å². The fourth-order valence-electron chi connectivity index (χ4n) is 5.79. The molecule has 1 atom stereocenters. The Kier molecular flexibility index (Phi) is 5.36. The number of nitrogens with zero attached hydrogens (tertiary/aromatic N) is 2. The second kappa shape index (κ2) is 8.36. The molecular weight excluding hydrogens is 454 g/mol. The summed E-state index contributed by atoms with van der Waals surface area (Å²) in [5, 5.41) is 4.14. The van der Waals surface area contributed by atoms with Gasteiger partial charge in [0, 0.05) is 46.5 Å². The van der Waals surface area contributed by atoms with Crippen LogP contribution in [0.4, 0.5) is 8.78 Å². The number of benzene rings is 2. The average Bonchev–Trinajstić information content (AvgIpc) is 3.37. The highest BCUT2D eigenvalue weighted by Crippen LogP contribution is 2.45. The molecule has 0 amide bonds. The SMILES string of the molecule is Cc1cc(-c2ncc(CC(C)C)c3cc(C4CCC(F)(F)C4)ccc23)c2oc3nc(C)ccc3c2c1. The summed E-state index contributed by atoms with van der Waals surface area (Å²) in [6.07, 6.45) is 3.27. The molecule has 5 heteroatoms. The Hall–Kier alpha value is -3.34. The van der Waals surface area contributed by atoms with E-state index in [4.69, 9.17) is 9.40 Å². The summed E-state index contributed by atoms with van der Waals surface area (Å²) in [6.45, 7) is 8.42. The quantitative estimate of drug-likeness (QED) is 0.256.